The molecule has 0 saturated heterocycles. The van der Waals surface area contributed by atoms with E-state index in [1.807, 2.05) is 62.9 Å². The fourth-order valence-electron chi connectivity index (χ4n) is 4.10. The van der Waals surface area contributed by atoms with Crippen molar-refractivity contribution in [1.82, 2.24) is 9.80 Å². The lowest BCUT2D eigenvalue weighted by molar-refractivity contribution is -0.137. The summed E-state index contributed by atoms with van der Waals surface area (Å²) in [6.07, 6.45) is 0.891. The smallest absolute Gasteiger partial charge is 0.263 e. The van der Waals surface area contributed by atoms with E-state index >= 15 is 0 Å². The van der Waals surface area contributed by atoms with Gasteiger partial charge in [-0.25, -0.2) is 0 Å². The molecule has 0 aliphatic carbocycles. The number of ether oxygens (including phenoxy) is 1. The van der Waals surface area contributed by atoms with Crippen molar-refractivity contribution in [2.24, 2.45) is 5.92 Å². The second-order valence-electron chi connectivity index (χ2n) is 8.48. The van der Waals surface area contributed by atoms with Crippen molar-refractivity contribution in [1.29, 1.82) is 0 Å². The zero-order chi connectivity index (χ0) is 22.5. The molecule has 1 heterocycles. The Balaban J connectivity index is 1.99. The van der Waals surface area contributed by atoms with Gasteiger partial charge in [-0.2, -0.15) is 0 Å². The SMILES string of the molecule is CC[C@H](Oc1ccc2c(c1)[C@H](c1ccccc1)N(C(=O)C(C)C)CC2)C(=O)N(C)CC. The summed E-state index contributed by atoms with van der Waals surface area (Å²) in [5, 5.41) is 0. The topological polar surface area (TPSA) is 49.9 Å². The monoisotopic (exact) mass is 422 g/mol. The first-order chi connectivity index (χ1) is 14.9. The molecule has 166 valence electrons. The normalized spacial score (nSPS) is 16.6. The molecule has 0 bridgehead atoms. The van der Waals surface area contributed by atoms with Crippen LogP contribution in [0.3, 0.4) is 0 Å². The van der Waals surface area contributed by atoms with Crippen LogP contribution in [0.15, 0.2) is 48.5 Å². The molecule has 1 aliphatic heterocycles. The first-order valence-corrected chi connectivity index (χ1v) is 11.3. The molecule has 2 aromatic rings. The van der Waals surface area contributed by atoms with Crippen LogP contribution in [0.5, 0.6) is 5.75 Å². The van der Waals surface area contributed by atoms with Crippen LogP contribution < -0.4 is 4.74 Å². The number of amides is 2. The van der Waals surface area contributed by atoms with Gasteiger partial charge in [-0.1, -0.05) is 57.2 Å². The minimum Gasteiger partial charge on any atom is -0.481 e. The average molecular weight is 423 g/mol. The Morgan fingerprint density at radius 1 is 1.13 bits per heavy atom. The van der Waals surface area contributed by atoms with Crippen molar-refractivity contribution in [3.8, 4) is 5.75 Å². The highest BCUT2D eigenvalue weighted by Crippen LogP contribution is 2.38. The number of rotatable bonds is 7. The Hall–Kier alpha value is -2.82. The summed E-state index contributed by atoms with van der Waals surface area (Å²) in [5.74, 6) is 0.734. The van der Waals surface area contributed by atoms with Crippen molar-refractivity contribution < 1.29 is 14.3 Å². The zero-order valence-corrected chi connectivity index (χ0v) is 19.3. The van der Waals surface area contributed by atoms with E-state index in [9.17, 15) is 9.59 Å². The van der Waals surface area contributed by atoms with Gasteiger partial charge in [0.2, 0.25) is 5.91 Å². The molecular weight excluding hydrogens is 388 g/mol. The molecule has 5 nitrogen and oxygen atoms in total. The highest BCUT2D eigenvalue weighted by atomic mass is 16.5. The van der Waals surface area contributed by atoms with Crippen molar-refractivity contribution >= 4 is 11.8 Å². The molecular formula is C26H34N2O3. The molecule has 0 fully saturated rings. The van der Waals surface area contributed by atoms with Crippen LogP contribution >= 0.6 is 0 Å². The van der Waals surface area contributed by atoms with E-state index in [4.69, 9.17) is 4.74 Å². The van der Waals surface area contributed by atoms with Gasteiger partial charge >= 0.3 is 0 Å². The van der Waals surface area contributed by atoms with E-state index in [0.29, 0.717) is 25.3 Å². The summed E-state index contributed by atoms with van der Waals surface area (Å²) < 4.78 is 6.15. The van der Waals surface area contributed by atoms with E-state index in [1.165, 1.54) is 5.56 Å². The summed E-state index contributed by atoms with van der Waals surface area (Å²) in [5.41, 5.74) is 3.39. The van der Waals surface area contributed by atoms with E-state index < -0.39 is 6.10 Å². The second-order valence-corrected chi connectivity index (χ2v) is 8.48. The second kappa shape index (κ2) is 9.99. The third-order valence-corrected chi connectivity index (χ3v) is 6.01. The van der Waals surface area contributed by atoms with Crippen LogP contribution in [0.1, 0.15) is 56.8 Å². The number of likely N-dealkylation sites (N-methyl/N-ethyl adjacent to an activating group) is 1. The molecule has 3 rings (SSSR count). The molecule has 0 aromatic heterocycles. The summed E-state index contributed by atoms with van der Waals surface area (Å²) in [7, 11) is 1.79. The first-order valence-electron chi connectivity index (χ1n) is 11.3. The number of fused-ring (bicyclic) bond motifs is 1. The Morgan fingerprint density at radius 3 is 2.45 bits per heavy atom. The summed E-state index contributed by atoms with van der Waals surface area (Å²) in [6.45, 7) is 9.14. The minimum absolute atomic E-state index is 0.0149. The van der Waals surface area contributed by atoms with Gasteiger partial charge in [0.15, 0.2) is 6.10 Å². The molecule has 0 radical (unpaired) electrons. The van der Waals surface area contributed by atoms with Crippen LogP contribution in [-0.4, -0.2) is 47.9 Å². The lowest BCUT2D eigenvalue weighted by Crippen LogP contribution is -2.42. The summed E-state index contributed by atoms with van der Waals surface area (Å²) in [4.78, 5) is 29.4. The largest absolute Gasteiger partial charge is 0.481 e. The Kier molecular flexibility index (Phi) is 7.37. The quantitative estimate of drug-likeness (QED) is 0.662. The third-order valence-electron chi connectivity index (χ3n) is 6.01. The Bertz CT molecular complexity index is 910. The predicted octanol–water partition coefficient (Wildman–Crippen LogP) is 4.45. The lowest BCUT2D eigenvalue weighted by Gasteiger charge is -2.39. The van der Waals surface area contributed by atoms with Crippen molar-refractivity contribution in [3.05, 3.63) is 65.2 Å². The summed E-state index contributed by atoms with van der Waals surface area (Å²) >= 11 is 0. The number of nitrogens with zero attached hydrogens (tertiary/aromatic N) is 2. The number of hydrogen-bond donors (Lipinski definition) is 0. The molecule has 2 amide bonds. The maximum Gasteiger partial charge on any atom is 0.263 e. The first kappa shape index (κ1) is 22.9. The van der Waals surface area contributed by atoms with Crippen molar-refractivity contribution in [2.75, 3.05) is 20.1 Å². The summed E-state index contributed by atoms with van der Waals surface area (Å²) in [6, 6.07) is 16.0. The molecule has 0 saturated carbocycles. The Morgan fingerprint density at radius 2 is 1.84 bits per heavy atom. The van der Waals surface area contributed by atoms with E-state index in [2.05, 4.69) is 18.2 Å². The van der Waals surface area contributed by atoms with Gasteiger partial charge in [0.05, 0.1) is 6.04 Å². The van der Waals surface area contributed by atoms with Gasteiger partial charge in [-0.3, -0.25) is 9.59 Å². The molecule has 0 unspecified atom stereocenters. The van der Waals surface area contributed by atoms with Gasteiger partial charge in [-0.05, 0) is 48.6 Å². The highest BCUT2D eigenvalue weighted by molar-refractivity contribution is 5.81. The van der Waals surface area contributed by atoms with Gasteiger partial charge in [0.25, 0.3) is 5.91 Å². The molecule has 2 aromatic carbocycles. The lowest BCUT2D eigenvalue weighted by atomic mass is 9.87. The number of hydrogen-bond acceptors (Lipinski definition) is 3. The predicted molar refractivity (Wildman–Crippen MR) is 123 cm³/mol. The maximum atomic E-state index is 13.0. The maximum absolute atomic E-state index is 13.0. The van der Waals surface area contributed by atoms with Gasteiger partial charge in [0.1, 0.15) is 5.75 Å². The fourth-order valence-corrected chi connectivity index (χ4v) is 4.10. The van der Waals surface area contributed by atoms with Crippen LogP contribution in [0.4, 0.5) is 0 Å². The molecule has 0 N–H and O–H groups in total. The van der Waals surface area contributed by atoms with Crippen molar-refractivity contribution in [3.63, 3.8) is 0 Å². The highest BCUT2D eigenvalue weighted by Gasteiger charge is 2.33. The number of benzene rings is 2. The van der Waals surface area contributed by atoms with Crippen LogP contribution in [0, 0.1) is 5.92 Å². The van der Waals surface area contributed by atoms with Crippen LogP contribution in [0.25, 0.3) is 0 Å². The number of carbonyl (C=O) groups excluding carboxylic acids is 2. The molecule has 31 heavy (non-hydrogen) atoms. The standard InChI is InChI=1S/C26H34N2O3/c1-6-23(26(30)27(5)7-2)31-21-14-13-19-15-16-28(25(29)18(3)4)24(22(19)17-21)20-11-9-8-10-12-20/h8-14,17-18,23-24H,6-7,15-16H2,1-5H3/t23-,24-/m0/s1. The van der Waals surface area contributed by atoms with Gasteiger partial charge in [0, 0.05) is 26.1 Å². The van der Waals surface area contributed by atoms with Crippen LogP contribution in [-0.2, 0) is 16.0 Å². The van der Waals surface area contributed by atoms with Crippen molar-refractivity contribution in [2.45, 2.75) is 52.7 Å². The zero-order valence-electron chi connectivity index (χ0n) is 19.3. The van der Waals surface area contributed by atoms with E-state index in [1.54, 1.807) is 11.9 Å². The minimum atomic E-state index is -0.518. The molecule has 5 heteroatoms. The van der Waals surface area contributed by atoms with E-state index in [-0.39, 0.29) is 23.8 Å². The average Bonchev–Trinajstić information content (AvgIpc) is 2.80. The fraction of sp³-hybridized carbons (Fsp3) is 0.462. The molecule has 2 atom stereocenters. The number of carbonyl (C=O) groups is 2. The van der Waals surface area contributed by atoms with E-state index in [0.717, 1.165) is 17.5 Å². The van der Waals surface area contributed by atoms with Gasteiger partial charge in [-0.15, -0.1) is 0 Å². The Labute approximate surface area is 186 Å². The third kappa shape index (κ3) is 4.92. The molecule has 1 aliphatic rings. The van der Waals surface area contributed by atoms with Crippen LogP contribution in [0.2, 0.25) is 0 Å². The van der Waals surface area contributed by atoms with Gasteiger partial charge < -0.3 is 14.5 Å². The molecule has 0 spiro atoms.